The summed E-state index contributed by atoms with van der Waals surface area (Å²) in [7, 11) is 2.03. The molecule has 0 unspecified atom stereocenters. The van der Waals surface area contributed by atoms with E-state index in [1.165, 1.54) is 11.1 Å². The van der Waals surface area contributed by atoms with Crippen molar-refractivity contribution in [3.63, 3.8) is 0 Å². The normalized spacial score (nSPS) is 14.1. The first kappa shape index (κ1) is 21.6. The van der Waals surface area contributed by atoms with Crippen LogP contribution in [0.3, 0.4) is 0 Å². The van der Waals surface area contributed by atoms with E-state index in [-0.39, 0.29) is 5.41 Å². The second kappa shape index (κ2) is 11.2. The molecule has 0 radical (unpaired) electrons. The maximum absolute atomic E-state index is 3.80. The number of benzene rings is 2. The highest BCUT2D eigenvalue weighted by Crippen LogP contribution is 2.12. The van der Waals surface area contributed by atoms with Gasteiger partial charge in [0.25, 0.3) is 0 Å². The quantitative estimate of drug-likeness (QED) is 0.567. The molecular formula is C24H37N3. The number of nitrogens with one attached hydrogen (secondary N) is 3. The molecule has 3 nitrogen and oxygen atoms in total. The van der Waals surface area contributed by atoms with Crippen molar-refractivity contribution in [2.75, 3.05) is 26.7 Å². The third-order valence-electron chi connectivity index (χ3n) is 4.67. The molecule has 2 rings (SSSR count). The highest BCUT2D eigenvalue weighted by atomic mass is 15.0. The van der Waals surface area contributed by atoms with Crippen LogP contribution in [0, 0.1) is 5.41 Å². The van der Waals surface area contributed by atoms with Crippen LogP contribution in [0.5, 0.6) is 0 Å². The Bertz CT molecular complexity index is 619. The minimum atomic E-state index is 0.281. The van der Waals surface area contributed by atoms with E-state index in [0.29, 0.717) is 12.1 Å². The lowest BCUT2D eigenvalue weighted by molar-refractivity contribution is 0.334. The summed E-state index contributed by atoms with van der Waals surface area (Å²) in [6.45, 7) is 9.79. The summed E-state index contributed by atoms with van der Waals surface area (Å²) in [6.07, 6.45) is 2.08. The summed E-state index contributed by atoms with van der Waals surface area (Å²) in [4.78, 5) is 0. The first-order valence-electron chi connectivity index (χ1n) is 10.2. The van der Waals surface area contributed by atoms with Crippen LogP contribution >= 0.6 is 0 Å². The molecule has 0 heterocycles. The molecule has 0 amide bonds. The van der Waals surface area contributed by atoms with Crippen LogP contribution in [0.1, 0.15) is 31.9 Å². The summed E-state index contributed by atoms with van der Waals surface area (Å²) in [6, 6.07) is 22.4. The molecule has 0 aliphatic heterocycles. The highest BCUT2D eigenvalue weighted by Gasteiger charge is 2.17. The van der Waals surface area contributed by atoms with Crippen LogP contribution in [0.4, 0.5) is 0 Å². The molecular weight excluding hydrogens is 330 g/mol. The van der Waals surface area contributed by atoms with Crippen LogP contribution in [0.25, 0.3) is 0 Å². The predicted octanol–water partition coefficient (Wildman–Crippen LogP) is 3.65. The fourth-order valence-corrected chi connectivity index (χ4v) is 3.24. The molecule has 0 aromatic heterocycles. The maximum atomic E-state index is 3.80. The fourth-order valence-electron chi connectivity index (χ4n) is 3.24. The van der Waals surface area contributed by atoms with Crippen LogP contribution in [-0.4, -0.2) is 38.8 Å². The number of likely N-dealkylation sites (N-methyl/N-ethyl adjacent to an activating group) is 1. The lowest BCUT2D eigenvalue weighted by atomic mass is 9.95. The van der Waals surface area contributed by atoms with Crippen molar-refractivity contribution in [2.45, 2.75) is 45.7 Å². The highest BCUT2D eigenvalue weighted by molar-refractivity contribution is 5.17. The summed E-state index contributed by atoms with van der Waals surface area (Å²) >= 11 is 0. The molecule has 3 N–H and O–H groups in total. The summed E-state index contributed by atoms with van der Waals surface area (Å²) in [5, 5.41) is 10.9. The Morgan fingerprint density at radius 3 is 1.63 bits per heavy atom. The Morgan fingerprint density at radius 1 is 0.704 bits per heavy atom. The maximum Gasteiger partial charge on any atom is 0.0233 e. The fraction of sp³-hybridized carbons (Fsp3) is 0.500. The smallest absolute Gasteiger partial charge is 0.0233 e. The lowest BCUT2D eigenvalue weighted by Crippen LogP contribution is -2.48. The van der Waals surface area contributed by atoms with E-state index in [4.69, 9.17) is 0 Å². The van der Waals surface area contributed by atoms with Crippen molar-refractivity contribution in [3.8, 4) is 0 Å². The average molecular weight is 368 g/mol. The van der Waals surface area contributed by atoms with Crippen LogP contribution in [-0.2, 0) is 12.8 Å². The second-order valence-electron chi connectivity index (χ2n) is 8.68. The topological polar surface area (TPSA) is 36.1 Å². The second-order valence-corrected chi connectivity index (χ2v) is 8.68. The van der Waals surface area contributed by atoms with Gasteiger partial charge in [-0.15, -0.1) is 0 Å². The molecule has 0 aliphatic carbocycles. The van der Waals surface area contributed by atoms with Crippen molar-refractivity contribution in [1.29, 1.82) is 0 Å². The van der Waals surface area contributed by atoms with E-state index in [1.807, 2.05) is 7.05 Å². The van der Waals surface area contributed by atoms with Crippen molar-refractivity contribution < 1.29 is 0 Å². The molecule has 27 heavy (non-hydrogen) atoms. The molecule has 2 atom stereocenters. The molecule has 2 aromatic rings. The Morgan fingerprint density at radius 2 is 1.19 bits per heavy atom. The minimum Gasteiger partial charge on any atom is -0.318 e. The third kappa shape index (κ3) is 9.18. The van der Waals surface area contributed by atoms with E-state index in [2.05, 4.69) is 97.4 Å². The van der Waals surface area contributed by atoms with Gasteiger partial charge in [0.05, 0.1) is 0 Å². The molecule has 0 saturated heterocycles. The van der Waals surface area contributed by atoms with Gasteiger partial charge in [-0.05, 0) is 36.4 Å². The Labute approximate surface area is 166 Å². The number of rotatable bonds is 11. The molecule has 0 spiro atoms. The van der Waals surface area contributed by atoms with Gasteiger partial charge in [-0.3, -0.25) is 0 Å². The zero-order chi connectivity index (χ0) is 19.5. The first-order valence-corrected chi connectivity index (χ1v) is 10.2. The third-order valence-corrected chi connectivity index (χ3v) is 4.67. The minimum absolute atomic E-state index is 0.281. The predicted molar refractivity (Wildman–Crippen MR) is 117 cm³/mol. The van der Waals surface area contributed by atoms with Crippen molar-refractivity contribution in [1.82, 2.24) is 16.0 Å². The Balaban J connectivity index is 1.96. The molecule has 0 aliphatic rings. The molecule has 0 saturated carbocycles. The van der Waals surface area contributed by atoms with Gasteiger partial charge in [0.15, 0.2) is 0 Å². The van der Waals surface area contributed by atoms with Gasteiger partial charge >= 0.3 is 0 Å². The largest absolute Gasteiger partial charge is 0.318 e. The van der Waals surface area contributed by atoms with Gasteiger partial charge in [-0.2, -0.15) is 0 Å². The van der Waals surface area contributed by atoms with Gasteiger partial charge in [0.2, 0.25) is 0 Å². The SMILES string of the molecule is CNC[C@H](Cc1ccccc1)NC[C@H](Cc1ccccc1)NCC(C)(C)C. The van der Waals surface area contributed by atoms with Crippen LogP contribution < -0.4 is 16.0 Å². The van der Waals surface area contributed by atoms with E-state index in [1.54, 1.807) is 0 Å². The number of hydrogen-bond donors (Lipinski definition) is 3. The summed E-state index contributed by atoms with van der Waals surface area (Å²) in [5.74, 6) is 0. The van der Waals surface area contributed by atoms with Crippen molar-refractivity contribution >= 4 is 0 Å². The van der Waals surface area contributed by atoms with Crippen LogP contribution in [0.2, 0.25) is 0 Å². The van der Waals surface area contributed by atoms with Gasteiger partial charge in [0.1, 0.15) is 0 Å². The standard InChI is InChI=1S/C24H37N3/c1-24(2,3)19-27-23(16-21-13-9-6-10-14-21)18-26-22(17-25-4)15-20-11-7-5-8-12-20/h5-14,22-23,25-27H,15-19H2,1-4H3/t22-,23-/m0/s1. The van der Waals surface area contributed by atoms with Gasteiger partial charge in [-0.1, -0.05) is 81.4 Å². The first-order chi connectivity index (χ1) is 13.0. The van der Waals surface area contributed by atoms with Gasteiger partial charge in [-0.25, -0.2) is 0 Å². The molecule has 0 fully saturated rings. The van der Waals surface area contributed by atoms with Gasteiger partial charge < -0.3 is 16.0 Å². The van der Waals surface area contributed by atoms with E-state index < -0.39 is 0 Å². The monoisotopic (exact) mass is 367 g/mol. The lowest BCUT2D eigenvalue weighted by Gasteiger charge is -2.27. The van der Waals surface area contributed by atoms with Gasteiger partial charge in [0, 0.05) is 31.7 Å². The summed E-state index contributed by atoms with van der Waals surface area (Å²) < 4.78 is 0. The molecule has 2 aromatic carbocycles. The zero-order valence-electron chi connectivity index (χ0n) is 17.5. The van der Waals surface area contributed by atoms with E-state index >= 15 is 0 Å². The molecule has 3 heteroatoms. The van der Waals surface area contributed by atoms with Crippen molar-refractivity contribution in [3.05, 3.63) is 71.8 Å². The zero-order valence-corrected chi connectivity index (χ0v) is 17.5. The number of hydrogen-bond acceptors (Lipinski definition) is 3. The average Bonchev–Trinajstić information content (AvgIpc) is 2.65. The van der Waals surface area contributed by atoms with E-state index in [9.17, 15) is 0 Å². The van der Waals surface area contributed by atoms with E-state index in [0.717, 1.165) is 32.5 Å². The Hall–Kier alpha value is -1.68. The molecule has 148 valence electrons. The Kier molecular flexibility index (Phi) is 8.99. The van der Waals surface area contributed by atoms with Crippen LogP contribution in [0.15, 0.2) is 60.7 Å². The molecule has 0 bridgehead atoms. The summed E-state index contributed by atoms with van der Waals surface area (Å²) in [5.41, 5.74) is 3.05. The van der Waals surface area contributed by atoms with Crippen molar-refractivity contribution in [2.24, 2.45) is 5.41 Å².